The van der Waals surface area contributed by atoms with Crippen LogP contribution >= 0.6 is 0 Å². The van der Waals surface area contributed by atoms with Crippen LogP contribution < -0.4 is 0 Å². The van der Waals surface area contributed by atoms with E-state index in [0.717, 1.165) is 44.9 Å². The van der Waals surface area contributed by atoms with Crippen molar-refractivity contribution < 1.29 is 28.2 Å². The van der Waals surface area contributed by atoms with Crippen molar-refractivity contribution in [2.24, 2.45) is 28.6 Å². The Morgan fingerprint density at radius 1 is 1.00 bits per heavy atom. The maximum atomic E-state index is 12.6. The monoisotopic (exact) mass is 508 g/mol. The number of carbonyl (C=O) groups excluding carboxylic acids is 2. The van der Waals surface area contributed by atoms with Crippen LogP contribution in [-0.2, 0) is 28.2 Å². The van der Waals surface area contributed by atoms with Crippen molar-refractivity contribution in [2.75, 3.05) is 13.2 Å². The highest BCUT2D eigenvalue weighted by Crippen LogP contribution is 2.65. The molecular formula is C28H48O6Si. The smallest absolute Gasteiger partial charge is 0.302 e. The fraction of sp³-hybridized carbons (Fsp3) is 0.929. The molecule has 6 nitrogen and oxygen atoms in total. The van der Waals surface area contributed by atoms with Crippen LogP contribution in [0.3, 0.4) is 0 Å². The van der Waals surface area contributed by atoms with Crippen LogP contribution in [0.2, 0.25) is 18.1 Å². The summed E-state index contributed by atoms with van der Waals surface area (Å²) in [6.45, 7) is 18.7. The standard InChI is InChI=1S/C28H48O6Si/c1-19(30)33-24-22(10-13-27(6)23(24)11-14-28(27)31-15-16-32-28)26(5)12-9-21(17-20(26)18-29)34-35(7,8)25(2,3)4/h18,20-24H,9-17H2,1-8H3/t20-,21+,22?,23?,24-,26+,27+/m1/s1. The average molecular weight is 509 g/mol. The zero-order chi connectivity index (χ0) is 25.9. The third kappa shape index (κ3) is 4.46. The SMILES string of the molecule is CC(=O)O[C@H]1C2CCC3(OCCO3)[C@@]2(C)CCC1[C@@]1(C)CC[C@H](O[Si](C)(C)C(C)(C)C)C[C@@H]1C=O. The number of hydrogen-bond donors (Lipinski definition) is 0. The zero-order valence-corrected chi connectivity index (χ0v) is 24.3. The number of hydrogen-bond acceptors (Lipinski definition) is 6. The summed E-state index contributed by atoms with van der Waals surface area (Å²) in [5.74, 6) is -0.577. The van der Waals surface area contributed by atoms with Crippen LogP contribution in [0.5, 0.6) is 0 Å². The van der Waals surface area contributed by atoms with Crippen molar-refractivity contribution in [1.82, 2.24) is 0 Å². The third-order valence-corrected chi connectivity index (χ3v) is 15.5. The summed E-state index contributed by atoms with van der Waals surface area (Å²) >= 11 is 0. The van der Waals surface area contributed by atoms with Gasteiger partial charge in [0.1, 0.15) is 12.4 Å². The Morgan fingerprint density at radius 3 is 2.20 bits per heavy atom. The quantitative estimate of drug-likeness (QED) is 0.262. The Labute approximate surface area is 213 Å². The van der Waals surface area contributed by atoms with E-state index in [1.165, 1.54) is 13.2 Å². The van der Waals surface area contributed by atoms with Crippen molar-refractivity contribution in [2.45, 2.75) is 123 Å². The Kier molecular flexibility index (Phi) is 7.18. The summed E-state index contributed by atoms with van der Waals surface area (Å²) in [7, 11) is -1.92. The molecule has 3 saturated carbocycles. The van der Waals surface area contributed by atoms with Gasteiger partial charge in [0, 0.05) is 42.6 Å². The van der Waals surface area contributed by atoms with Crippen molar-refractivity contribution in [3.05, 3.63) is 0 Å². The van der Waals surface area contributed by atoms with E-state index in [1.807, 2.05) is 0 Å². The van der Waals surface area contributed by atoms with Gasteiger partial charge in [-0.05, 0) is 62.1 Å². The average Bonchev–Trinajstić information content (AvgIpc) is 3.34. The first-order chi connectivity index (χ1) is 16.2. The van der Waals surface area contributed by atoms with Gasteiger partial charge in [-0.3, -0.25) is 4.79 Å². The molecule has 1 heterocycles. The van der Waals surface area contributed by atoms with E-state index in [9.17, 15) is 9.59 Å². The van der Waals surface area contributed by atoms with Crippen LogP contribution in [-0.4, -0.2) is 51.8 Å². The molecule has 0 radical (unpaired) electrons. The molecule has 4 rings (SSSR count). The highest BCUT2D eigenvalue weighted by Gasteiger charge is 2.67. The van der Waals surface area contributed by atoms with Crippen LogP contribution in [0.15, 0.2) is 0 Å². The van der Waals surface area contributed by atoms with Crippen molar-refractivity contribution >= 4 is 20.6 Å². The Morgan fingerprint density at radius 2 is 1.63 bits per heavy atom. The van der Waals surface area contributed by atoms with Gasteiger partial charge in [0.25, 0.3) is 0 Å². The minimum Gasteiger partial charge on any atom is -0.462 e. The van der Waals surface area contributed by atoms with E-state index in [4.69, 9.17) is 18.6 Å². The molecule has 200 valence electrons. The predicted octanol–water partition coefficient (Wildman–Crippen LogP) is 5.88. The summed E-state index contributed by atoms with van der Waals surface area (Å²) in [6, 6.07) is 0. The maximum absolute atomic E-state index is 12.6. The largest absolute Gasteiger partial charge is 0.462 e. The molecule has 1 spiro atoms. The topological polar surface area (TPSA) is 71.1 Å². The first-order valence-electron chi connectivity index (χ1n) is 13.8. The van der Waals surface area contributed by atoms with Gasteiger partial charge in [-0.1, -0.05) is 34.6 Å². The second-order valence-electron chi connectivity index (χ2n) is 13.8. The number of carbonyl (C=O) groups is 2. The van der Waals surface area contributed by atoms with Gasteiger partial charge < -0.3 is 23.4 Å². The van der Waals surface area contributed by atoms with E-state index < -0.39 is 14.1 Å². The van der Waals surface area contributed by atoms with E-state index in [1.54, 1.807) is 0 Å². The predicted molar refractivity (Wildman–Crippen MR) is 137 cm³/mol. The van der Waals surface area contributed by atoms with Gasteiger partial charge in [-0.2, -0.15) is 0 Å². The number of esters is 1. The molecule has 0 aromatic heterocycles. The van der Waals surface area contributed by atoms with E-state index >= 15 is 0 Å². The molecule has 0 aromatic carbocycles. The molecule has 4 aliphatic rings. The molecule has 7 heteroatoms. The second-order valence-corrected chi connectivity index (χ2v) is 18.5. The van der Waals surface area contributed by atoms with Gasteiger partial charge >= 0.3 is 5.97 Å². The first kappa shape index (κ1) is 27.3. The molecule has 0 bridgehead atoms. The Bertz CT molecular complexity index is 815. The van der Waals surface area contributed by atoms with Gasteiger partial charge in [0.15, 0.2) is 14.1 Å². The number of aldehydes is 1. The summed E-state index contributed by atoms with van der Waals surface area (Å²) in [6.07, 6.45) is 7.33. The van der Waals surface area contributed by atoms with Crippen LogP contribution in [0, 0.1) is 28.6 Å². The van der Waals surface area contributed by atoms with Gasteiger partial charge in [-0.25, -0.2) is 0 Å². The van der Waals surface area contributed by atoms with E-state index in [-0.39, 0.29) is 51.8 Å². The van der Waals surface area contributed by atoms with Gasteiger partial charge in [-0.15, -0.1) is 0 Å². The lowest BCUT2D eigenvalue weighted by molar-refractivity contribution is -0.252. The van der Waals surface area contributed by atoms with Crippen molar-refractivity contribution in [1.29, 1.82) is 0 Å². The molecule has 35 heavy (non-hydrogen) atoms. The van der Waals surface area contributed by atoms with Crippen LogP contribution in [0.1, 0.15) is 86.5 Å². The summed E-state index contributed by atoms with van der Waals surface area (Å²) in [5.41, 5.74) is -0.403. The van der Waals surface area contributed by atoms with Crippen molar-refractivity contribution in [3.63, 3.8) is 0 Å². The molecule has 0 N–H and O–H groups in total. The fourth-order valence-electron chi connectivity index (χ4n) is 7.72. The minimum atomic E-state index is -1.92. The maximum Gasteiger partial charge on any atom is 0.302 e. The highest BCUT2D eigenvalue weighted by molar-refractivity contribution is 6.74. The van der Waals surface area contributed by atoms with E-state index in [0.29, 0.717) is 13.2 Å². The normalized spacial score (nSPS) is 41.5. The molecule has 4 fully saturated rings. The van der Waals surface area contributed by atoms with Crippen molar-refractivity contribution in [3.8, 4) is 0 Å². The Balaban J connectivity index is 1.58. The van der Waals surface area contributed by atoms with Gasteiger partial charge in [0.05, 0.1) is 13.2 Å². The number of rotatable bonds is 5. The van der Waals surface area contributed by atoms with Gasteiger partial charge in [0.2, 0.25) is 0 Å². The molecule has 2 unspecified atom stereocenters. The third-order valence-electron chi connectivity index (χ3n) is 10.9. The van der Waals surface area contributed by atoms with Crippen LogP contribution in [0.4, 0.5) is 0 Å². The zero-order valence-electron chi connectivity index (χ0n) is 23.3. The molecule has 0 aromatic rings. The second kappa shape index (κ2) is 9.21. The molecule has 3 aliphatic carbocycles. The summed E-state index contributed by atoms with van der Waals surface area (Å²) in [4.78, 5) is 24.9. The lowest BCUT2D eigenvalue weighted by Gasteiger charge is -2.57. The molecule has 0 amide bonds. The highest BCUT2D eigenvalue weighted by atomic mass is 28.4. The summed E-state index contributed by atoms with van der Waals surface area (Å²) in [5, 5.41) is 0.140. The number of ether oxygens (including phenoxy) is 3. The molecule has 1 aliphatic heterocycles. The van der Waals surface area contributed by atoms with Crippen LogP contribution in [0.25, 0.3) is 0 Å². The minimum absolute atomic E-state index is 0.104. The first-order valence-corrected chi connectivity index (χ1v) is 16.7. The van der Waals surface area contributed by atoms with E-state index in [2.05, 4.69) is 47.7 Å². The number of fused-ring (bicyclic) bond motifs is 2. The molecular weight excluding hydrogens is 460 g/mol. The lowest BCUT2D eigenvalue weighted by Crippen LogP contribution is -2.58. The molecule has 1 saturated heterocycles. The lowest BCUT2D eigenvalue weighted by atomic mass is 9.51. The molecule has 7 atom stereocenters. The summed E-state index contributed by atoms with van der Waals surface area (Å²) < 4.78 is 25.4. The fourth-order valence-corrected chi connectivity index (χ4v) is 9.13. The Hall–Kier alpha value is -0.763.